The third-order valence-corrected chi connectivity index (χ3v) is 12.1. The minimum Gasteiger partial charge on any atom is -0.480 e. The Kier molecular flexibility index (Phi) is 42.8. The molecule has 5 N–H and O–H groups in total. The molecule has 1 atom stereocenters. The number of aliphatic imine (C=N–C) groups is 1. The third kappa shape index (κ3) is 38.1. The molecule has 0 fully saturated rings. The van der Waals surface area contributed by atoms with E-state index in [-0.39, 0.29) is 43.6 Å². The molecule has 58 heavy (non-hydrogen) atoms. The summed E-state index contributed by atoms with van der Waals surface area (Å²) in [4.78, 5) is 44.2. The van der Waals surface area contributed by atoms with Crippen molar-refractivity contribution in [3.05, 3.63) is 0 Å². The van der Waals surface area contributed by atoms with E-state index in [1.807, 2.05) is 0 Å². The van der Waals surface area contributed by atoms with Crippen molar-refractivity contribution in [2.45, 2.75) is 290 Å². The lowest BCUT2D eigenvalue weighted by atomic mass is 10.0. The summed E-state index contributed by atoms with van der Waals surface area (Å²) < 4.78 is 0. The van der Waals surface area contributed by atoms with Crippen LogP contribution in [0, 0.1) is 0 Å². The molecule has 2 amide bonds. The van der Waals surface area contributed by atoms with Gasteiger partial charge >= 0.3 is 5.97 Å². The van der Waals surface area contributed by atoms with Crippen molar-refractivity contribution in [2.24, 2.45) is 16.5 Å². The number of imide groups is 1. The van der Waals surface area contributed by atoms with Crippen molar-refractivity contribution in [3.63, 3.8) is 0 Å². The molecule has 0 aliphatic rings. The Morgan fingerprint density at radius 1 is 0.414 bits per heavy atom. The molecule has 8 heteroatoms. The summed E-state index contributed by atoms with van der Waals surface area (Å²) >= 11 is 0. The van der Waals surface area contributed by atoms with Crippen LogP contribution in [0.5, 0.6) is 0 Å². The summed E-state index contributed by atoms with van der Waals surface area (Å²) in [5.41, 5.74) is 10.9. The second kappa shape index (κ2) is 44.4. The lowest BCUT2D eigenvalue weighted by Crippen LogP contribution is -2.48. The number of hydrogen-bond donors (Lipinski definition) is 3. The number of carboxylic acid groups (broad SMARTS) is 1. The topological polar surface area (TPSA) is 139 Å². The zero-order valence-corrected chi connectivity index (χ0v) is 38.7. The van der Waals surface area contributed by atoms with E-state index in [4.69, 9.17) is 11.5 Å². The van der Waals surface area contributed by atoms with E-state index in [0.717, 1.165) is 43.4 Å². The van der Waals surface area contributed by atoms with Crippen LogP contribution >= 0.6 is 0 Å². The van der Waals surface area contributed by atoms with Gasteiger partial charge < -0.3 is 16.6 Å². The maximum absolute atomic E-state index is 13.4. The van der Waals surface area contributed by atoms with E-state index in [1.165, 1.54) is 193 Å². The monoisotopic (exact) mass is 819 g/mol. The normalized spacial score (nSPS) is 11.8. The molecule has 0 aromatic rings. The van der Waals surface area contributed by atoms with Gasteiger partial charge in [0.25, 0.3) is 0 Å². The van der Waals surface area contributed by atoms with Crippen LogP contribution in [-0.4, -0.2) is 46.3 Å². The number of guanidine groups is 1. The first-order valence-corrected chi connectivity index (χ1v) is 25.5. The number of carbonyl (C=O) groups excluding carboxylic acids is 2. The molecule has 0 bridgehead atoms. The molecule has 0 aromatic carbocycles. The molecule has 0 heterocycles. The van der Waals surface area contributed by atoms with Gasteiger partial charge in [0, 0.05) is 19.4 Å². The Morgan fingerprint density at radius 3 is 0.879 bits per heavy atom. The predicted octanol–water partition coefficient (Wildman–Crippen LogP) is 14.5. The van der Waals surface area contributed by atoms with Crippen LogP contribution in [0.3, 0.4) is 0 Å². The summed E-state index contributed by atoms with van der Waals surface area (Å²) in [7, 11) is 0. The van der Waals surface area contributed by atoms with Crippen molar-refractivity contribution in [1.82, 2.24) is 4.90 Å². The van der Waals surface area contributed by atoms with E-state index in [2.05, 4.69) is 18.8 Å². The van der Waals surface area contributed by atoms with Gasteiger partial charge in [-0.15, -0.1) is 0 Å². The fourth-order valence-electron chi connectivity index (χ4n) is 8.29. The smallest absolute Gasteiger partial charge is 0.326 e. The summed E-state index contributed by atoms with van der Waals surface area (Å²) in [6.45, 7) is 4.82. The van der Waals surface area contributed by atoms with Gasteiger partial charge in [-0.05, 0) is 25.7 Å². The minimum absolute atomic E-state index is 0.0513. The zero-order valence-electron chi connectivity index (χ0n) is 38.7. The third-order valence-electron chi connectivity index (χ3n) is 12.1. The molecule has 0 saturated heterocycles. The number of nitrogens with zero attached hydrogens (tertiary/aromatic N) is 2. The highest BCUT2D eigenvalue weighted by Crippen LogP contribution is 2.19. The van der Waals surface area contributed by atoms with Crippen molar-refractivity contribution >= 4 is 23.7 Å². The second-order valence-electron chi connectivity index (χ2n) is 17.7. The number of hydrogen-bond acceptors (Lipinski definition) is 4. The van der Waals surface area contributed by atoms with E-state index >= 15 is 0 Å². The van der Waals surface area contributed by atoms with E-state index < -0.39 is 12.0 Å². The van der Waals surface area contributed by atoms with Crippen LogP contribution in [0.2, 0.25) is 0 Å². The molecule has 0 aliphatic carbocycles. The van der Waals surface area contributed by atoms with Crippen molar-refractivity contribution in [2.75, 3.05) is 6.54 Å². The lowest BCUT2D eigenvalue weighted by molar-refractivity contribution is -0.158. The van der Waals surface area contributed by atoms with Gasteiger partial charge in [0.15, 0.2) is 5.96 Å². The molecular weight excluding hydrogens is 721 g/mol. The van der Waals surface area contributed by atoms with Gasteiger partial charge in [0.2, 0.25) is 11.8 Å². The number of unbranched alkanes of at least 4 members (excludes halogenated alkanes) is 36. The van der Waals surface area contributed by atoms with Crippen LogP contribution in [-0.2, 0) is 14.4 Å². The Balaban J connectivity index is 4.26. The fraction of sp³-hybridized carbons (Fsp3) is 0.920. The molecule has 0 aromatic heterocycles. The molecule has 0 rings (SSSR count). The summed E-state index contributed by atoms with van der Waals surface area (Å²) in [6.07, 6.45) is 49.6. The molecule has 0 unspecified atom stereocenters. The first kappa shape index (κ1) is 55.9. The lowest BCUT2D eigenvalue weighted by Gasteiger charge is -2.27. The summed E-state index contributed by atoms with van der Waals surface area (Å²) in [5, 5.41) is 10.1. The van der Waals surface area contributed by atoms with Crippen LogP contribution in [0.25, 0.3) is 0 Å². The Bertz CT molecular complexity index is 900. The Labute approximate surface area is 359 Å². The van der Waals surface area contributed by atoms with Crippen LogP contribution in [0.4, 0.5) is 0 Å². The molecule has 8 nitrogen and oxygen atoms in total. The van der Waals surface area contributed by atoms with E-state index in [0.29, 0.717) is 19.3 Å². The Morgan fingerprint density at radius 2 is 0.655 bits per heavy atom. The predicted molar refractivity (Wildman–Crippen MR) is 249 cm³/mol. The van der Waals surface area contributed by atoms with Gasteiger partial charge in [-0.2, -0.15) is 0 Å². The maximum atomic E-state index is 13.4. The van der Waals surface area contributed by atoms with E-state index in [9.17, 15) is 19.5 Å². The van der Waals surface area contributed by atoms with Crippen molar-refractivity contribution < 1.29 is 19.5 Å². The molecular formula is C50H98N4O4. The van der Waals surface area contributed by atoms with Gasteiger partial charge in [-0.25, -0.2) is 4.79 Å². The first-order valence-electron chi connectivity index (χ1n) is 25.5. The molecule has 0 radical (unpaired) electrons. The standard InChI is InChI=1S/C50H98N4O4/c1-3-5-7-9-11-13-15-17-19-21-23-25-27-29-31-33-35-37-39-43-47(55)54(46(49(57)58)42-41-45-53-50(51)52)48(56)44-40-38-36-34-32-30-28-26-24-22-20-18-16-14-12-10-8-6-4-2/h46H,3-45H2,1-2H3,(H,57,58)(H4,51,52,53)/t46-/m0/s1. The summed E-state index contributed by atoms with van der Waals surface area (Å²) in [6, 6.07) is -1.19. The number of carbonyl (C=O) groups is 3. The number of aliphatic carboxylic acids is 1. The van der Waals surface area contributed by atoms with Crippen LogP contribution in [0.15, 0.2) is 4.99 Å². The first-order chi connectivity index (χ1) is 28.3. The van der Waals surface area contributed by atoms with Gasteiger partial charge in [0.05, 0.1) is 0 Å². The molecule has 0 spiro atoms. The highest BCUT2D eigenvalue weighted by atomic mass is 16.4. The Hall–Kier alpha value is -2.12. The average molecular weight is 819 g/mol. The second-order valence-corrected chi connectivity index (χ2v) is 17.7. The molecule has 342 valence electrons. The quantitative estimate of drug-likeness (QED) is 0.0317. The van der Waals surface area contributed by atoms with Gasteiger partial charge in [-0.3, -0.25) is 19.5 Å². The highest BCUT2D eigenvalue weighted by molar-refractivity contribution is 5.99. The SMILES string of the molecule is CCCCCCCCCCCCCCCCCCCCCC(=O)N(C(=O)CCCCCCCCCCCCCCCCCCCCC)[C@@H](CCCN=C(N)N)C(=O)O. The number of rotatable bonds is 46. The van der Waals surface area contributed by atoms with Crippen molar-refractivity contribution in [3.8, 4) is 0 Å². The van der Waals surface area contributed by atoms with Crippen LogP contribution < -0.4 is 11.5 Å². The molecule has 0 saturated carbocycles. The van der Waals surface area contributed by atoms with E-state index in [1.54, 1.807) is 0 Å². The van der Waals surface area contributed by atoms with Gasteiger partial charge in [0.1, 0.15) is 6.04 Å². The molecule has 0 aliphatic heterocycles. The largest absolute Gasteiger partial charge is 0.480 e. The maximum Gasteiger partial charge on any atom is 0.326 e. The highest BCUT2D eigenvalue weighted by Gasteiger charge is 2.33. The van der Waals surface area contributed by atoms with Crippen molar-refractivity contribution in [1.29, 1.82) is 0 Å². The number of nitrogens with two attached hydrogens (primary N) is 2. The fourth-order valence-corrected chi connectivity index (χ4v) is 8.29. The van der Waals surface area contributed by atoms with Crippen LogP contribution in [0.1, 0.15) is 284 Å². The average Bonchev–Trinajstić information content (AvgIpc) is 3.20. The number of amides is 2. The minimum atomic E-state index is -1.19. The number of carboxylic acids is 1. The zero-order chi connectivity index (χ0) is 42.6. The summed E-state index contributed by atoms with van der Waals surface area (Å²) in [5.74, 6) is -1.91. The van der Waals surface area contributed by atoms with Gasteiger partial charge in [-0.1, -0.05) is 245 Å².